The number of carbonyl (C=O) groups is 4. The molecule has 0 aromatic heterocycles. The Morgan fingerprint density at radius 2 is 0.648 bits per heavy atom. The molecule has 0 bridgehead atoms. The van der Waals surface area contributed by atoms with E-state index in [0.717, 1.165) is 38.5 Å². The first kappa shape index (κ1) is 60.4. The van der Waals surface area contributed by atoms with Crippen molar-refractivity contribution in [3.8, 4) is 0 Å². The number of carboxylic acids is 2. The smallest absolute Gasteiger partial charge is 0.550 e. The van der Waals surface area contributed by atoms with E-state index in [4.69, 9.17) is 18.6 Å². The molecule has 2 N–H and O–H groups in total. The zero-order chi connectivity index (χ0) is 39.7. The molecule has 0 aliphatic carbocycles. The Morgan fingerprint density at radius 3 is 0.833 bits per heavy atom. The minimum atomic E-state index is -4.82. The van der Waals surface area contributed by atoms with Gasteiger partial charge in [-0.2, -0.15) is 16.8 Å². The molecule has 0 heterocycles. The molecule has 0 saturated carbocycles. The fourth-order valence-corrected chi connectivity index (χ4v) is 6.66. The molecule has 0 aromatic carbocycles. The van der Waals surface area contributed by atoms with Crippen LogP contribution in [0.5, 0.6) is 0 Å². The molecule has 54 heavy (non-hydrogen) atoms. The number of carbonyl (C=O) groups excluding carboxylic acids is 4. The molecular formula is C36H66Na2O14S2. The molecule has 14 nitrogen and oxygen atoms in total. The van der Waals surface area contributed by atoms with Gasteiger partial charge in [-0.15, -0.1) is 0 Å². The Morgan fingerprint density at radius 1 is 0.444 bits per heavy atom. The summed E-state index contributed by atoms with van der Waals surface area (Å²) in [6.07, 6.45) is 25.3. The SMILES string of the molecule is CCCCCCCCCCCCCCOC(=O)C(CC(=O)[O-])S(=O)(=O)O.CCCCCCCCCCCCCCOC(=O)C(CC(=O)[O-])S(=O)(=O)O.[Na+].[Na+]. The first-order chi connectivity index (χ1) is 24.6. The van der Waals surface area contributed by atoms with Crippen LogP contribution in [0.4, 0.5) is 0 Å². The van der Waals surface area contributed by atoms with Crippen molar-refractivity contribution < 1.29 is 124 Å². The molecule has 18 heteroatoms. The summed E-state index contributed by atoms with van der Waals surface area (Å²) in [7, 11) is -9.64. The largest absolute Gasteiger partial charge is 1.00 e. The van der Waals surface area contributed by atoms with Gasteiger partial charge in [0.05, 0.1) is 13.2 Å². The first-order valence-corrected chi connectivity index (χ1v) is 22.2. The van der Waals surface area contributed by atoms with Crippen molar-refractivity contribution in [2.45, 2.75) is 191 Å². The second-order valence-corrected chi connectivity index (χ2v) is 16.5. The number of unbranched alkanes of at least 4 members (excludes halogenated alkanes) is 22. The van der Waals surface area contributed by atoms with E-state index >= 15 is 0 Å². The first-order valence-electron chi connectivity index (χ1n) is 19.2. The van der Waals surface area contributed by atoms with E-state index in [9.17, 15) is 46.2 Å². The van der Waals surface area contributed by atoms with Crippen LogP contribution in [0.3, 0.4) is 0 Å². The fraction of sp³-hybridized carbons (Fsp3) is 0.889. The molecule has 0 rings (SSSR count). The van der Waals surface area contributed by atoms with E-state index in [-0.39, 0.29) is 72.3 Å². The van der Waals surface area contributed by atoms with Crippen molar-refractivity contribution in [1.82, 2.24) is 0 Å². The van der Waals surface area contributed by atoms with Gasteiger partial charge < -0.3 is 29.3 Å². The van der Waals surface area contributed by atoms with Gasteiger partial charge in [0.15, 0.2) is 10.5 Å². The Kier molecular flexibility index (Phi) is 44.2. The quantitative estimate of drug-likeness (QED) is 0.0352. The van der Waals surface area contributed by atoms with Crippen LogP contribution in [0, 0.1) is 0 Å². The van der Waals surface area contributed by atoms with Crippen molar-refractivity contribution in [3.05, 3.63) is 0 Å². The Hall–Kier alpha value is -0.300. The average Bonchev–Trinajstić information content (AvgIpc) is 3.05. The monoisotopic (exact) mass is 832 g/mol. The van der Waals surface area contributed by atoms with Crippen molar-refractivity contribution in [1.29, 1.82) is 0 Å². The zero-order valence-corrected chi connectivity index (χ0v) is 39.2. The Bertz CT molecular complexity index is 1080. The molecule has 2 unspecified atom stereocenters. The molecule has 0 spiro atoms. The molecule has 0 fully saturated rings. The van der Waals surface area contributed by atoms with E-state index in [1.807, 2.05) is 0 Å². The zero-order valence-electron chi connectivity index (χ0n) is 33.6. The van der Waals surface area contributed by atoms with Gasteiger partial charge in [-0.3, -0.25) is 18.7 Å². The summed E-state index contributed by atoms with van der Waals surface area (Å²) in [5.74, 6) is -5.98. The predicted molar refractivity (Wildman–Crippen MR) is 194 cm³/mol. The fourth-order valence-electron chi connectivity index (χ4n) is 5.34. The van der Waals surface area contributed by atoms with Gasteiger partial charge in [0, 0.05) is 24.8 Å². The van der Waals surface area contributed by atoms with Crippen LogP contribution in [0.1, 0.15) is 181 Å². The van der Waals surface area contributed by atoms with E-state index < -0.39 is 67.5 Å². The number of ether oxygens (including phenoxy) is 2. The van der Waals surface area contributed by atoms with Gasteiger partial charge in [0.25, 0.3) is 20.2 Å². The minimum absolute atomic E-state index is 0. The summed E-state index contributed by atoms with van der Waals surface area (Å²) in [6, 6.07) is 0. The molecule has 0 amide bonds. The minimum Gasteiger partial charge on any atom is -0.550 e. The number of aliphatic carboxylic acids is 2. The van der Waals surface area contributed by atoms with Crippen LogP contribution < -0.4 is 69.3 Å². The number of carboxylic acid groups (broad SMARTS) is 2. The molecule has 0 aliphatic heterocycles. The van der Waals surface area contributed by atoms with Gasteiger partial charge in [-0.1, -0.05) is 155 Å². The summed E-state index contributed by atoms with van der Waals surface area (Å²) in [5.41, 5.74) is 0. The molecular weight excluding hydrogens is 766 g/mol. The van der Waals surface area contributed by atoms with Crippen molar-refractivity contribution in [2.24, 2.45) is 0 Å². The van der Waals surface area contributed by atoms with Crippen molar-refractivity contribution in [3.63, 3.8) is 0 Å². The van der Waals surface area contributed by atoms with Crippen LogP contribution in [-0.4, -0.2) is 73.5 Å². The van der Waals surface area contributed by atoms with Gasteiger partial charge >= 0.3 is 71.1 Å². The maximum absolute atomic E-state index is 11.6. The summed E-state index contributed by atoms with van der Waals surface area (Å²) in [5, 5.41) is 16.7. The van der Waals surface area contributed by atoms with Gasteiger partial charge in [-0.25, -0.2) is 0 Å². The number of hydrogen-bond acceptors (Lipinski definition) is 12. The molecule has 0 aromatic rings. The van der Waals surface area contributed by atoms with Crippen LogP contribution in [0.15, 0.2) is 0 Å². The van der Waals surface area contributed by atoms with Crippen LogP contribution in [0.25, 0.3) is 0 Å². The second kappa shape index (κ2) is 39.5. The molecule has 308 valence electrons. The van der Waals surface area contributed by atoms with Crippen LogP contribution in [-0.2, 0) is 48.9 Å². The molecule has 0 saturated heterocycles. The number of esters is 2. The average molecular weight is 833 g/mol. The third-order valence-corrected chi connectivity index (χ3v) is 10.6. The van der Waals surface area contributed by atoms with Gasteiger partial charge in [-0.05, 0) is 12.8 Å². The number of rotatable bonds is 34. The third-order valence-electron chi connectivity index (χ3n) is 8.43. The topological polar surface area (TPSA) is 242 Å². The second-order valence-electron chi connectivity index (χ2n) is 13.3. The Labute approximate surface area is 369 Å². The summed E-state index contributed by atoms with van der Waals surface area (Å²) >= 11 is 0. The normalized spacial score (nSPS) is 12.2. The Balaban J connectivity index is -0.000000446. The van der Waals surface area contributed by atoms with Crippen LogP contribution in [0.2, 0.25) is 0 Å². The van der Waals surface area contributed by atoms with Gasteiger partial charge in [0.1, 0.15) is 0 Å². The number of hydrogen-bond donors (Lipinski definition) is 2. The molecule has 2 atom stereocenters. The third kappa shape index (κ3) is 39.9. The summed E-state index contributed by atoms with van der Waals surface area (Å²) in [4.78, 5) is 44.1. The van der Waals surface area contributed by atoms with E-state index in [0.29, 0.717) is 12.8 Å². The molecule has 0 aliphatic rings. The van der Waals surface area contributed by atoms with Crippen molar-refractivity contribution in [2.75, 3.05) is 13.2 Å². The molecule has 0 radical (unpaired) electrons. The van der Waals surface area contributed by atoms with E-state index in [1.54, 1.807) is 0 Å². The van der Waals surface area contributed by atoms with E-state index in [1.165, 1.54) is 103 Å². The summed E-state index contributed by atoms with van der Waals surface area (Å²) < 4.78 is 71.3. The maximum Gasteiger partial charge on any atom is 1.00 e. The van der Waals surface area contributed by atoms with Gasteiger partial charge in [0.2, 0.25) is 0 Å². The standard InChI is InChI=1S/2C18H34O7S.2Na/c2*1-2-3-4-5-6-7-8-9-10-11-12-13-14-25-18(21)16(15-17(19)20)26(22,23)24;;/h2*16H,2-15H2,1H3,(H,19,20)(H,22,23,24);;/q;;2*+1/p-2. The van der Waals surface area contributed by atoms with E-state index in [2.05, 4.69) is 13.8 Å². The van der Waals surface area contributed by atoms with Crippen molar-refractivity contribution >= 4 is 44.1 Å². The van der Waals surface area contributed by atoms with Crippen LogP contribution >= 0.6 is 0 Å². The maximum atomic E-state index is 11.6. The predicted octanol–water partition coefficient (Wildman–Crippen LogP) is -0.738. The summed E-state index contributed by atoms with van der Waals surface area (Å²) in [6.45, 7) is 4.44.